The SMILES string of the molecule is CCCNC1CC(C)SCc2c(F)cc(F)cc21. The predicted octanol–water partition coefficient (Wildman–Crippen LogP) is 4.03. The molecular weight excluding hydrogens is 252 g/mol. The maximum absolute atomic E-state index is 13.9. The monoisotopic (exact) mass is 271 g/mol. The van der Waals surface area contributed by atoms with Crippen LogP contribution < -0.4 is 5.32 Å². The molecule has 0 aliphatic carbocycles. The first-order valence-electron chi connectivity index (χ1n) is 6.44. The van der Waals surface area contributed by atoms with E-state index in [-0.39, 0.29) is 6.04 Å². The summed E-state index contributed by atoms with van der Waals surface area (Å²) in [6.07, 6.45) is 1.94. The van der Waals surface area contributed by atoms with E-state index in [0.29, 0.717) is 16.6 Å². The fourth-order valence-corrected chi connectivity index (χ4v) is 3.44. The van der Waals surface area contributed by atoms with Gasteiger partial charge in [0.15, 0.2) is 0 Å². The zero-order valence-corrected chi connectivity index (χ0v) is 11.6. The molecule has 4 heteroatoms. The van der Waals surface area contributed by atoms with E-state index in [2.05, 4.69) is 19.2 Å². The fourth-order valence-electron chi connectivity index (χ4n) is 2.35. The van der Waals surface area contributed by atoms with Crippen LogP contribution in [0, 0.1) is 11.6 Å². The lowest BCUT2D eigenvalue weighted by atomic mass is 9.97. The molecule has 1 aromatic carbocycles. The van der Waals surface area contributed by atoms with Crippen molar-refractivity contribution in [3.05, 3.63) is 34.9 Å². The summed E-state index contributed by atoms with van der Waals surface area (Å²) >= 11 is 1.74. The number of thioether (sulfide) groups is 1. The van der Waals surface area contributed by atoms with Gasteiger partial charge in [-0.3, -0.25) is 0 Å². The minimum atomic E-state index is -0.478. The molecule has 0 spiro atoms. The van der Waals surface area contributed by atoms with Gasteiger partial charge >= 0.3 is 0 Å². The van der Waals surface area contributed by atoms with Crippen molar-refractivity contribution in [2.24, 2.45) is 0 Å². The molecule has 1 nitrogen and oxygen atoms in total. The Balaban J connectivity index is 2.36. The van der Waals surface area contributed by atoms with E-state index >= 15 is 0 Å². The van der Waals surface area contributed by atoms with Crippen molar-refractivity contribution in [2.75, 3.05) is 6.54 Å². The topological polar surface area (TPSA) is 12.0 Å². The Kier molecular flexibility index (Phi) is 4.62. The molecule has 0 bridgehead atoms. The van der Waals surface area contributed by atoms with Gasteiger partial charge in [-0.2, -0.15) is 11.8 Å². The molecule has 2 atom stereocenters. The molecule has 1 aromatic rings. The first kappa shape index (κ1) is 13.8. The van der Waals surface area contributed by atoms with Crippen LogP contribution in [0.25, 0.3) is 0 Å². The standard InChI is InChI=1S/C14H19F2NS/c1-3-4-17-14-5-9(2)18-8-12-11(14)6-10(15)7-13(12)16/h6-7,9,14,17H,3-5,8H2,1-2H3. The highest BCUT2D eigenvalue weighted by molar-refractivity contribution is 7.99. The highest BCUT2D eigenvalue weighted by atomic mass is 32.2. The van der Waals surface area contributed by atoms with Crippen LogP contribution in [0.5, 0.6) is 0 Å². The number of rotatable bonds is 3. The number of fused-ring (bicyclic) bond motifs is 1. The molecule has 1 heterocycles. The summed E-state index contributed by atoms with van der Waals surface area (Å²) in [4.78, 5) is 0. The van der Waals surface area contributed by atoms with Crippen LogP contribution in [0.15, 0.2) is 12.1 Å². The molecule has 2 unspecified atom stereocenters. The molecule has 0 saturated heterocycles. The molecule has 1 aliphatic rings. The molecule has 0 radical (unpaired) electrons. The summed E-state index contributed by atoms with van der Waals surface area (Å²) in [7, 11) is 0. The zero-order chi connectivity index (χ0) is 13.1. The molecule has 1 aliphatic heterocycles. The van der Waals surface area contributed by atoms with Gasteiger partial charge in [0.25, 0.3) is 0 Å². The van der Waals surface area contributed by atoms with Gasteiger partial charge in [0.1, 0.15) is 11.6 Å². The van der Waals surface area contributed by atoms with Gasteiger partial charge in [0.05, 0.1) is 0 Å². The van der Waals surface area contributed by atoms with Crippen molar-refractivity contribution >= 4 is 11.8 Å². The Morgan fingerprint density at radius 3 is 2.89 bits per heavy atom. The minimum absolute atomic E-state index is 0.0650. The predicted molar refractivity (Wildman–Crippen MR) is 72.8 cm³/mol. The second-order valence-electron chi connectivity index (χ2n) is 4.82. The van der Waals surface area contributed by atoms with Gasteiger partial charge in [0.2, 0.25) is 0 Å². The number of halogens is 2. The van der Waals surface area contributed by atoms with Crippen LogP contribution >= 0.6 is 11.8 Å². The van der Waals surface area contributed by atoms with Crippen molar-refractivity contribution in [1.29, 1.82) is 0 Å². The number of benzene rings is 1. The number of hydrogen-bond donors (Lipinski definition) is 1. The second kappa shape index (κ2) is 6.02. The maximum atomic E-state index is 13.9. The lowest BCUT2D eigenvalue weighted by Gasteiger charge is -2.20. The molecule has 0 fully saturated rings. The Morgan fingerprint density at radius 2 is 2.17 bits per heavy atom. The molecule has 100 valence electrons. The van der Waals surface area contributed by atoms with Gasteiger partial charge in [-0.1, -0.05) is 13.8 Å². The van der Waals surface area contributed by atoms with Gasteiger partial charge < -0.3 is 5.32 Å². The molecule has 0 aromatic heterocycles. The van der Waals surface area contributed by atoms with E-state index in [0.717, 1.165) is 31.0 Å². The van der Waals surface area contributed by atoms with Gasteiger partial charge in [-0.05, 0) is 31.0 Å². The number of nitrogens with one attached hydrogen (secondary N) is 1. The second-order valence-corrected chi connectivity index (χ2v) is 6.25. The lowest BCUT2D eigenvalue weighted by molar-refractivity contribution is 0.489. The first-order valence-corrected chi connectivity index (χ1v) is 7.49. The lowest BCUT2D eigenvalue weighted by Crippen LogP contribution is -2.24. The average Bonchev–Trinajstić information content (AvgIpc) is 2.47. The van der Waals surface area contributed by atoms with E-state index in [1.54, 1.807) is 11.8 Å². The van der Waals surface area contributed by atoms with E-state index in [9.17, 15) is 8.78 Å². The Labute approximate surface area is 111 Å². The average molecular weight is 271 g/mol. The van der Waals surface area contributed by atoms with Crippen LogP contribution in [0.2, 0.25) is 0 Å². The molecule has 0 amide bonds. The summed E-state index contributed by atoms with van der Waals surface area (Å²) in [6, 6.07) is 2.55. The third kappa shape index (κ3) is 3.04. The maximum Gasteiger partial charge on any atom is 0.130 e. The summed E-state index contributed by atoms with van der Waals surface area (Å²) < 4.78 is 27.3. The highest BCUT2D eigenvalue weighted by Crippen LogP contribution is 2.36. The van der Waals surface area contributed by atoms with E-state index in [4.69, 9.17) is 0 Å². The summed E-state index contributed by atoms with van der Waals surface area (Å²) in [6.45, 7) is 5.11. The third-order valence-corrected chi connectivity index (χ3v) is 4.51. The largest absolute Gasteiger partial charge is 0.310 e. The smallest absolute Gasteiger partial charge is 0.130 e. The van der Waals surface area contributed by atoms with Crippen molar-refractivity contribution in [3.8, 4) is 0 Å². The molecule has 18 heavy (non-hydrogen) atoms. The minimum Gasteiger partial charge on any atom is -0.310 e. The highest BCUT2D eigenvalue weighted by Gasteiger charge is 2.25. The number of hydrogen-bond acceptors (Lipinski definition) is 2. The van der Waals surface area contributed by atoms with Crippen molar-refractivity contribution in [3.63, 3.8) is 0 Å². The van der Waals surface area contributed by atoms with E-state index < -0.39 is 11.6 Å². The summed E-state index contributed by atoms with van der Waals surface area (Å²) in [5, 5.41) is 3.86. The quantitative estimate of drug-likeness (QED) is 0.890. The Morgan fingerprint density at radius 1 is 1.39 bits per heavy atom. The molecule has 0 saturated carbocycles. The van der Waals surface area contributed by atoms with Gasteiger partial charge in [0, 0.05) is 28.7 Å². The van der Waals surface area contributed by atoms with Crippen LogP contribution in [0.3, 0.4) is 0 Å². The molecular formula is C14H19F2NS. The van der Waals surface area contributed by atoms with Crippen LogP contribution in [0.1, 0.15) is 43.9 Å². The van der Waals surface area contributed by atoms with Gasteiger partial charge in [-0.15, -0.1) is 0 Å². The third-order valence-electron chi connectivity index (χ3n) is 3.29. The molecule has 2 rings (SSSR count). The van der Waals surface area contributed by atoms with Gasteiger partial charge in [-0.25, -0.2) is 8.78 Å². The van der Waals surface area contributed by atoms with Crippen LogP contribution in [0.4, 0.5) is 8.78 Å². The Bertz CT molecular complexity index is 423. The van der Waals surface area contributed by atoms with Crippen molar-refractivity contribution < 1.29 is 8.78 Å². The van der Waals surface area contributed by atoms with Crippen LogP contribution in [-0.2, 0) is 5.75 Å². The molecule has 1 N–H and O–H groups in total. The van der Waals surface area contributed by atoms with Crippen molar-refractivity contribution in [2.45, 2.75) is 43.7 Å². The van der Waals surface area contributed by atoms with Crippen molar-refractivity contribution in [1.82, 2.24) is 5.32 Å². The fraction of sp³-hybridized carbons (Fsp3) is 0.571. The normalized spacial score (nSPS) is 23.6. The Hall–Kier alpha value is -0.610. The summed E-state index contributed by atoms with van der Waals surface area (Å²) in [5.41, 5.74) is 1.47. The first-order chi connectivity index (χ1) is 8.61. The van der Waals surface area contributed by atoms with E-state index in [1.165, 1.54) is 6.07 Å². The zero-order valence-electron chi connectivity index (χ0n) is 10.8. The summed E-state index contributed by atoms with van der Waals surface area (Å²) in [5.74, 6) is -0.253. The van der Waals surface area contributed by atoms with Crippen LogP contribution in [-0.4, -0.2) is 11.8 Å². The van der Waals surface area contributed by atoms with E-state index in [1.807, 2.05) is 0 Å².